The molecule has 0 spiro atoms. The molecule has 0 heterocycles. The summed E-state index contributed by atoms with van der Waals surface area (Å²) < 4.78 is 0. The summed E-state index contributed by atoms with van der Waals surface area (Å²) in [7, 11) is 0. The molecule has 4 unspecified atom stereocenters. The summed E-state index contributed by atoms with van der Waals surface area (Å²) in [4.78, 5) is 36.4. The Bertz CT molecular complexity index is 461. The summed E-state index contributed by atoms with van der Waals surface area (Å²) in [5, 5.41) is 14.6. The number of carboxylic acid groups (broad SMARTS) is 1. The number of carbonyl (C=O) groups is 3. The van der Waals surface area contributed by atoms with Crippen molar-refractivity contribution in [3.63, 3.8) is 0 Å². The van der Waals surface area contributed by atoms with Crippen molar-refractivity contribution in [3.8, 4) is 0 Å². The zero-order chi connectivity index (χ0) is 20.8. The molecule has 0 radical (unpaired) electrons. The molecule has 0 bridgehead atoms. The van der Waals surface area contributed by atoms with E-state index >= 15 is 0 Å². The molecule has 9 N–H and O–H groups in total. The Morgan fingerprint density at radius 3 is 1.96 bits per heavy atom. The molecule has 0 aliphatic heterocycles. The van der Waals surface area contributed by atoms with Gasteiger partial charge in [0.25, 0.3) is 0 Å². The van der Waals surface area contributed by atoms with Gasteiger partial charge in [-0.3, -0.25) is 9.59 Å². The fraction of sp³-hybridized carbons (Fsp3) is 0.833. The van der Waals surface area contributed by atoms with E-state index in [1.807, 2.05) is 6.92 Å². The van der Waals surface area contributed by atoms with Crippen molar-refractivity contribution in [1.82, 2.24) is 10.6 Å². The molecule has 0 aromatic heterocycles. The first kappa shape index (κ1) is 25.3. The largest absolute Gasteiger partial charge is 0.480 e. The van der Waals surface area contributed by atoms with Crippen molar-refractivity contribution in [2.45, 2.75) is 76.9 Å². The average Bonchev–Trinajstić information content (AvgIpc) is 2.64. The van der Waals surface area contributed by atoms with E-state index in [-0.39, 0.29) is 5.92 Å². The molecule has 0 aromatic rings. The van der Waals surface area contributed by atoms with Gasteiger partial charge in [0.1, 0.15) is 12.1 Å². The number of carboxylic acids is 1. The lowest BCUT2D eigenvalue weighted by molar-refractivity contribution is -0.143. The maximum atomic E-state index is 12.6. The van der Waals surface area contributed by atoms with E-state index in [1.165, 1.54) is 0 Å². The molecule has 9 nitrogen and oxygen atoms in total. The van der Waals surface area contributed by atoms with E-state index in [4.69, 9.17) is 17.2 Å². The molecular formula is C18H37N5O4. The lowest BCUT2D eigenvalue weighted by atomic mass is 9.98. The van der Waals surface area contributed by atoms with E-state index in [2.05, 4.69) is 10.6 Å². The third kappa shape index (κ3) is 10.3. The van der Waals surface area contributed by atoms with E-state index < -0.39 is 35.9 Å². The Morgan fingerprint density at radius 2 is 1.48 bits per heavy atom. The van der Waals surface area contributed by atoms with Gasteiger partial charge < -0.3 is 32.9 Å². The van der Waals surface area contributed by atoms with Crippen molar-refractivity contribution in [2.75, 3.05) is 13.1 Å². The van der Waals surface area contributed by atoms with Gasteiger partial charge in [0.15, 0.2) is 0 Å². The maximum absolute atomic E-state index is 12.6. The molecule has 0 aliphatic rings. The van der Waals surface area contributed by atoms with Crippen molar-refractivity contribution < 1.29 is 19.5 Å². The second-order valence-corrected chi connectivity index (χ2v) is 6.95. The Hall–Kier alpha value is -1.71. The number of rotatable bonds is 15. The third-order valence-electron chi connectivity index (χ3n) is 4.66. The standard InChI is InChI=1S/C18H37N5O4/c1-3-12(2)15(18(26)27)23-17(25)14(9-5-7-11-20)22-16(24)13(21)8-4-6-10-19/h12-15H,3-11,19-21H2,1-2H3,(H,22,24)(H,23,25)(H,26,27). The van der Waals surface area contributed by atoms with Crippen LogP contribution in [0.4, 0.5) is 0 Å². The second-order valence-electron chi connectivity index (χ2n) is 6.95. The minimum atomic E-state index is -1.09. The van der Waals surface area contributed by atoms with Crippen molar-refractivity contribution in [2.24, 2.45) is 23.1 Å². The van der Waals surface area contributed by atoms with E-state index in [1.54, 1.807) is 6.92 Å². The predicted molar refractivity (Wildman–Crippen MR) is 105 cm³/mol. The number of aliphatic carboxylic acids is 1. The van der Waals surface area contributed by atoms with Gasteiger partial charge in [0, 0.05) is 0 Å². The zero-order valence-corrected chi connectivity index (χ0v) is 16.6. The number of carbonyl (C=O) groups excluding carboxylic acids is 2. The monoisotopic (exact) mass is 387 g/mol. The highest BCUT2D eigenvalue weighted by atomic mass is 16.4. The van der Waals surface area contributed by atoms with Crippen LogP contribution in [-0.2, 0) is 14.4 Å². The summed E-state index contributed by atoms with van der Waals surface area (Å²) in [6, 6.07) is -2.57. The van der Waals surface area contributed by atoms with Crippen LogP contribution in [0, 0.1) is 5.92 Å². The lowest BCUT2D eigenvalue weighted by Gasteiger charge is -2.25. The molecule has 2 amide bonds. The van der Waals surface area contributed by atoms with Crippen molar-refractivity contribution >= 4 is 17.8 Å². The Kier molecular flexibility index (Phi) is 13.5. The molecule has 0 aromatic carbocycles. The third-order valence-corrected chi connectivity index (χ3v) is 4.66. The van der Waals surface area contributed by atoms with Crippen LogP contribution in [0.5, 0.6) is 0 Å². The predicted octanol–water partition coefficient (Wildman–Crippen LogP) is -0.328. The molecule has 4 atom stereocenters. The van der Waals surface area contributed by atoms with Gasteiger partial charge in [-0.2, -0.15) is 0 Å². The number of hydrogen-bond acceptors (Lipinski definition) is 6. The smallest absolute Gasteiger partial charge is 0.326 e. The minimum Gasteiger partial charge on any atom is -0.480 e. The van der Waals surface area contributed by atoms with E-state index in [0.29, 0.717) is 45.2 Å². The first-order valence-electron chi connectivity index (χ1n) is 9.77. The molecule has 158 valence electrons. The minimum absolute atomic E-state index is 0.231. The average molecular weight is 388 g/mol. The van der Waals surface area contributed by atoms with Crippen LogP contribution in [0.1, 0.15) is 58.8 Å². The molecule has 0 saturated heterocycles. The fourth-order valence-electron chi connectivity index (χ4n) is 2.62. The molecule has 9 heteroatoms. The lowest BCUT2D eigenvalue weighted by Crippen LogP contribution is -2.55. The number of hydrogen-bond donors (Lipinski definition) is 6. The van der Waals surface area contributed by atoms with Gasteiger partial charge in [0.05, 0.1) is 6.04 Å². The first-order valence-corrected chi connectivity index (χ1v) is 9.77. The normalized spacial score (nSPS) is 15.4. The van der Waals surface area contributed by atoms with Crippen LogP contribution in [0.2, 0.25) is 0 Å². The SMILES string of the molecule is CCC(C)C(NC(=O)C(CCCCN)NC(=O)C(N)CCCCN)C(=O)O. The quantitative estimate of drug-likeness (QED) is 0.209. The van der Waals surface area contributed by atoms with Crippen molar-refractivity contribution in [3.05, 3.63) is 0 Å². The number of nitrogens with two attached hydrogens (primary N) is 3. The summed E-state index contributed by atoms with van der Waals surface area (Å²) in [5.74, 6) is -2.26. The van der Waals surface area contributed by atoms with Crippen LogP contribution in [0.3, 0.4) is 0 Å². The highest BCUT2D eigenvalue weighted by Crippen LogP contribution is 2.10. The van der Waals surface area contributed by atoms with Gasteiger partial charge >= 0.3 is 5.97 Å². The van der Waals surface area contributed by atoms with Gasteiger partial charge in [-0.1, -0.05) is 26.7 Å². The molecule has 27 heavy (non-hydrogen) atoms. The summed E-state index contributed by atoms with van der Waals surface area (Å²) >= 11 is 0. The van der Waals surface area contributed by atoms with Gasteiger partial charge in [0.2, 0.25) is 11.8 Å². The van der Waals surface area contributed by atoms with E-state index in [9.17, 15) is 19.5 Å². The van der Waals surface area contributed by atoms with Gasteiger partial charge in [-0.15, -0.1) is 0 Å². The zero-order valence-electron chi connectivity index (χ0n) is 16.6. The Labute approximate surface area is 161 Å². The summed E-state index contributed by atoms with van der Waals surface area (Å²) in [5.41, 5.74) is 16.8. The second kappa shape index (κ2) is 14.4. The number of nitrogens with one attached hydrogen (secondary N) is 2. The number of unbranched alkanes of at least 4 members (excludes halogenated alkanes) is 2. The van der Waals surface area contributed by atoms with Crippen molar-refractivity contribution in [1.29, 1.82) is 0 Å². The van der Waals surface area contributed by atoms with E-state index in [0.717, 1.165) is 12.8 Å². The maximum Gasteiger partial charge on any atom is 0.326 e. The van der Waals surface area contributed by atoms with Crippen LogP contribution in [0.25, 0.3) is 0 Å². The fourth-order valence-corrected chi connectivity index (χ4v) is 2.62. The Morgan fingerprint density at radius 1 is 0.926 bits per heavy atom. The van der Waals surface area contributed by atoms with Gasteiger partial charge in [-0.05, 0) is 51.1 Å². The molecule has 0 rings (SSSR count). The van der Waals surface area contributed by atoms with Crippen LogP contribution >= 0.6 is 0 Å². The highest BCUT2D eigenvalue weighted by Gasteiger charge is 2.30. The summed E-state index contributed by atoms with van der Waals surface area (Å²) in [6.07, 6.45) is 4.30. The topological polar surface area (TPSA) is 174 Å². The van der Waals surface area contributed by atoms with Crippen LogP contribution in [-0.4, -0.2) is 54.1 Å². The van der Waals surface area contributed by atoms with Gasteiger partial charge in [-0.25, -0.2) is 4.79 Å². The molecule has 0 fully saturated rings. The first-order chi connectivity index (χ1) is 12.8. The molecule has 0 saturated carbocycles. The number of amides is 2. The molecular weight excluding hydrogens is 350 g/mol. The summed E-state index contributed by atoms with van der Waals surface area (Å²) in [6.45, 7) is 4.62. The molecule has 0 aliphatic carbocycles. The van der Waals surface area contributed by atoms with Crippen LogP contribution in [0.15, 0.2) is 0 Å². The Balaban J connectivity index is 4.96. The highest BCUT2D eigenvalue weighted by molar-refractivity contribution is 5.91. The van der Waals surface area contributed by atoms with Crippen LogP contribution < -0.4 is 27.8 Å².